The molecular weight excluding hydrogens is 196 g/mol. The number of rotatable bonds is 9. The normalized spacial score (nSPS) is 15.8. The summed E-state index contributed by atoms with van der Waals surface area (Å²) in [5.41, 5.74) is 5.76. The molecule has 0 rings (SSSR count). The maximum Gasteiger partial charge on any atom is 0.00104 e. The van der Waals surface area contributed by atoms with Crippen LogP contribution in [0.4, 0.5) is 0 Å². The fourth-order valence-corrected chi connectivity index (χ4v) is 2.17. The third kappa shape index (κ3) is 9.17. The molecule has 0 saturated carbocycles. The summed E-state index contributed by atoms with van der Waals surface area (Å²) in [6.07, 6.45) is 3.76. The molecule has 2 unspecified atom stereocenters. The van der Waals surface area contributed by atoms with Crippen LogP contribution >= 0.6 is 0 Å². The average molecular weight is 228 g/mol. The molecule has 2 N–H and O–H groups in total. The molecule has 0 aliphatic carbocycles. The molecule has 2 nitrogen and oxygen atoms in total. The molecule has 0 radical (unpaired) electrons. The Labute approximate surface area is 103 Å². The van der Waals surface area contributed by atoms with Crippen LogP contribution in [0.1, 0.15) is 53.9 Å². The Morgan fingerprint density at radius 1 is 1.00 bits per heavy atom. The summed E-state index contributed by atoms with van der Waals surface area (Å²) in [6, 6.07) is 0.366. The van der Waals surface area contributed by atoms with Crippen molar-refractivity contribution >= 4 is 0 Å². The van der Waals surface area contributed by atoms with E-state index in [0.717, 1.165) is 11.8 Å². The van der Waals surface area contributed by atoms with Gasteiger partial charge in [-0.3, -0.25) is 0 Å². The van der Waals surface area contributed by atoms with E-state index in [0.29, 0.717) is 6.04 Å². The summed E-state index contributed by atoms with van der Waals surface area (Å²) in [5.74, 6) is 1.58. The Morgan fingerprint density at radius 2 is 1.62 bits per heavy atom. The van der Waals surface area contributed by atoms with Gasteiger partial charge < -0.3 is 10.6 Å². The van der Waals surface area contributed by atoms with Crippen LogP contribution in [0.5, 0.6) is 0 Å². The topological polar surface area (TPSA) is 29.3 Å². The van der Waals surface area contributed by atoms with Crippen LogP contribution in [0.3, 0.4) is 0 Å². The second-order valence-electron chi connectivity index (χ2n) is 5.76. The summed E-state index contributed by atoms with van der Waals surface area (Å²) >= 11 is 0. The molecule has 0 aromatic heterocycles. The van der Waals surface area contributed by atoms with Gasteiger partial charge in [0.25, 0.3) is 0 Å². The Morgan fingerprint density at radius 3 is 2.06 bits per heavy atom. The Balaban J connectivity index is 3.69. The standard InChI is InChI=1S/C14H32N2/c1-6-16(10-12(2)3)11-13(4)8-7-9-14(5)15/h12-14H,6-11,15H2,1-5H3. The SMILES string of the molecule is CCN(CC(C)C)CC(C)CCCC(C)N. The van der Waals surface area contributed by atoms with E-state index >= 15 is 0 Å². The number of nitrogens with zero attached hydrogens (tertiary/aromatic N) is 1. The van der Waals surface area contributed by atoms with E-state index in [9.17, 15) is 0 Å². The lowest BCUT2D eigenvalue weighted by molar-refractivity contribution is 0.217. The van der Waals surface area contributed by atoms with E-state index in [1.165, 1.54) is 38.9 Å². The molecule has 2 heteroatoms. The average Bonchev–Trinajstić information content (AvgIpc) is 2.15. The summed E-state index contributed by atoms with van der Waals surface area (Å²) in [4.78, 5) is 2.57. The molecule has 0 spiro atoms. The van der Waals surface area contributed by atoms with E-state index in [4.69, 9.17) is 5.73 Å². The lowest BCUT2D eigenvalue weighted by Gasteiger charge is -2.26. The van der Waals surface area contributed by atoms with Crippen molar-refractivity contribution in [3.63, 3.8) is 0 Å². The highest BCUT2D eigenvalue weighted by Gasteiger charge is 2.10. The molecule has 0 aromatic rings. The third-order valence-corrected chi connectivity index (χ3v) is 3.00. The van der Waals surface area contributed by atoms with Crippen LogP contribution in [0.15, 0.2) is 0 Å². The van der Waals surface area contributed by atoms with Crippen LogP contribution < -0.4 is 5.73 Å². The fraction of sp³-hybridized carbons (Fsp3) is 1.00. The zero-order valence-electron chi connectivity index (χ0n) is 12.0. The highest BCUT2D eigenvalue weighted by atomic mass is 15.1. The van der Waals surface area contributed by atoms with E-state index in [2.05, 4.69) is 39.5 Å². The van der Waals surface area contributed by atoms with Gasteiger partial charge in [0, 0.05) is 19.1 Å². The van der Waals surface area contributed by atoms with Crippen LogP contribution in [-0.2, 0) is 0 Å². The number of hydrogen-bond acceptors (Lipinski definition) is 2. The van der Waals surface area contributed by atoms with Gasteiger partial charge in [0.05, 0.1) is 0 Å². The first kappa shape index (κ1) is 15.9. The quantitative estimate of drug-likeness (QED) is 0.657. The van der Waals surface area contributed by atoms with Gasteiger partial charge in [-0.25, -0.2) is 0 Å². The van der Waals surface area contributed by atoms with Crippen molar-refractivity contribution in [3.8, 4) is 0 Å². The zero-order chi connectivity index (χ0) is 12.6. The molecule has 16 heavy (non-hydrogen) atoms. The van der Waals surface area contributed by atoms with Gasteiger partial charge in [0.15, 0.2) is 0 Å². The molecule has 98 valence electrons. The van der Waals surface area contributed by atoms with E-state index in [-0.39, 0.29) is 0 Å². The van der Waals surface area contributed by atoms with Crippen LogP contribution in [0.2, 0.25) is 0 Å². The van der Waals surface area contributed by atoms with Crippen LogP contribution in [0.25, 0.3) is 0 Å². The predicted octanol–water partition coefficient (Wildman–Crippen LogP) is 3.12. The minimum atomic E-state index is 0.366. The molecule has 0 bridgehead atoms. The van der Waals surface area contributed by atoms with E-state index < -0.39 is 0 Å². The largest absolute Gasteiger partial charge is 0.328 e. The van der Waals surface area contributed by atoms with Crippen LogP contribution in [0, 0.1) is 11.8 Å². The maximum absolute atomic E-state index is 5.76. The van der Waals surface area contributed by atoms with Gasteiger partial charge in [0.1, 0.15) is 0 Å². The maximum atomic E-state index is 5.76. The molecule has 0 aliphatic rings. The molecule has 0 fully saturated rings. The fourth-order valence-electron chi connectivity index (χ4n) is 2.17. The highest BCUT2D eigenvalue weighted by molar-refractivity contribution is 4.64. The molecule has 0 aliphatic heterocycles. The Kier molecular flexibility index (Phi) is 8.96. The van der Waals surface area contributed by atoms with Crippen molar-refractivity contribution in [3.05, 3.63) is 0 Å². The van der Waals surface area contributed by atoms with Gasteiger partial charge in [-0.1, -0.05) is 34.1 Å². The molecular formula is C14H32N2. The first-order valence-corrected chi connectivity index (χ1v) is 6.93. The van der Waals surface area contributed by atoms with Gasteiger partial charge in [-0.2, -0.15) is 0 Å². The van der Waals surface area contributed by atoms with Gasteiger partial charge in [-0.15, -0.1) is 0 Å². The zero-order valence-corrected chi connectivity index (χ0v) is 12.0. The lowest BCUT2D eigenvalue weighted by atomic mass is 10.0. The first-order valence-electron chi connectivity index (χ1n) is 6.93. The summed E-state index contributed by atoms with van der Waals surface area (Å²) in [6.45, 7) is 15.0. The van der Waals surface area contributed by atoms with Crippen molar-refractivity contribution in [1.29, 1.82) is 0 Å². The lowest BCUT2D eigenvalue weighted by Crippen LogP contribution is -2.31. The van der Waals surface area contributed by atoms with Gasteiger partial charge in [-0.05, 0) is 38.1 Å². The van der Waals surface area contributed by atoms with Crippen molar-refractivity contribution < 1.29 is 0 Å². The second kappa shape index (κ2) is 9.00. The highest BCUT2D eigenvalue weighted by Crippen LogP contribution is 2.11. The van der Waals surface area contributed by atoms with Gasteiger partial charge >= 0.3 is 0 Å². The van der Waals surface area contributed by atoms with Crippen molar-refractivity contribution in [1.82, 2.24) is 4.90 Å². The summed E-state index contributed by atoms with van der Waals surface area (Å²) in [7, 11) is 0. The summed E-state index contributed by atoms with van der Waals surface area (Å²) in [5, 5.41) is 0. The number of nitrogens with two attached hydrogens (primary N) is 1. The van der Waals surface area contributed by atoms with E-state index in [1.54, 1.807) is 0 Å². The first-order chi connectivity index (χ1) is 7.45. The molecule has 2 atom stereocenters. The Bertz CT molecular complexity index is 155. The predicted molar refractivity (Wildman–Crippen MR) is 73.6 cm³/mol. The van der Waals surface area contributed by atoms with Gasteiger partial charge in [0.2, 0.25) is 0 Å². The molecule has 0 heterocycles. The van der Waals surface area contributed by atoms with Crippen LogP contribution in [-0.4, -0.2) is 30.6 Å². The smallest absolute Gasteiger partial charge is 0.00104 e. The minimum absolute atomic E-state index is 0.366. The van der Waals surface area contributed by atoms with E-state index in [1.807, 2.05) is 0 Å². The molecule has 0 saturated heterocycles. The molecule has 0 amide bonds. The number of hydrogen-bond donors (Lipinski definition) is 1. The minimum Gasteiger partial charge on any atom is -0.328 e. The molecule has 0 aromatic carbocycles. The van der Waals surface area contributed by atoms with Crippen molar-refractivity contribution in [2.75, 3.05) is 19.6 Å². The second-order valence-corrected chi connectivity index (χ2v) is 5.76. The third-order valence-electron chi connectivity index (χ3n) is 3.00. The summed E-state index contributed by atoms with van der Waals surface area (Å²) < 4.78 is 0. The monoisotopic (exact) mass is 228 g/mol. The van der Waals surface area contributed by atoms with Crippen molar-refractivity contribution in [2.45, 2.75) is 59.9 Å². The van der Waals surface area contributed by atoms with Crippen molar-refractivity contribution in [2.24, 2.45) is 17.6 Å². The Hall–Kier alpha value is -0.0800.